The van der Waals surface area contributed by atoms with E-state index in [4.69, 9.17) is 12.8 Å². The number of nitrogens with zero attached hydrogens (tertiary/aromatic N) is 4. The fourth-order valence-corrected chi connectivity index (χ4v) is 7.65. The molecule has 6 heteroatoms. The maximum atomic E-state index is 7.12. The van der Waals surface area contributed by atoms with Crippen molar-refractivity contribution in [1.29, 1.82) is 0 Å². The van der Waals surface area contributed by atoms with Crippen molar-refractivity contribution in [3.8, 4) is 68.0 Å². The van der Waals surface area contributed by atoms with Gasteiger partial charge in [0.05, 0.1) is 0 Å². The average molecular weight is 1130 g/mol. The van der Waals surface area contributed by atoms with Crippen molar-refractivity contribution in [3.63, 3.8) is 0 Å². The minimum Gasteiger partial charge on any atom is -0.433 e. The number of rotatable bonds is 4. The van der Waals surface area contributed by atoms with Gasteiger partial charge < -0.3 is 31.9 Å². The molecular weight excluding hydrogens is 1100 g/mol. The maximum absolute atomic E-state index is 7.12. The van der Waals surface area contributed by atoms with Gasteiger partial charge in [0, 0.05) is 57.4 Å². The first-order valence-electron chi connectivity index (χ1n) is 19.1. The first-order valence-corrected chi connectivity index (χ1v) is 19.1. The third-order valence-electron chi connectivity index (χ3n) is 10.5. The van der Waals surface area contributed by atoms with Crippen LogP contribution in [0.4, 0.5) is 0 Å². The van der Waals surface area contributed by atoms with Gasteiger partial charge in [-0.25, -0.2) is 0 Å². The minimum atomic E-state index is 0. The Kier molecular flexibility index (Phi) is 13.3. The Hall–Kier alpha value is -6.44. The van der Waals surface area contributed by atoms with Gasteiger partial charge in [-0.2, -0.15) is 0 Å². The van der Waals surface area contributed by atoms with Crippen molar-refractivity contribution in [2.24, 2.45) is 0 Å². The zero-order valence-electron chi connectivity index (χ0n) is 32.1. The Morgan fingerprint density at radius 2 is 0.750 bits per heavy atom. The van der Waals surface area contributed by atoms with E-state index >= 15 is 0 Å². The van der Waals surface area contributed by atoms with Gasteiger partial charge in [-0.05, 0) is 69.0 Å². The van der Waals surface area contributed by atoms with Gasteiger partial charge in [0.1, 0.15) is 0 Å². The monoisotopic (exact) mass is 1130 g/mol. The van der Waals surface area contributed by atoms with Crippen LogP contribution in [0.5, 0.6) is 0 Å². The smallest absolute Gasteiger partial charge is 0.0413 e. The molecular formula is C54H34Au2N4-4. The van der Waals surface area contributed by atoms with Crippen LogP contribution in [0.15, 0.2) is 182 Å². The SMILES string of the molecule is [Au].[Au].[C-]#Cc1ccc2c(c1)Cc1ccccc1-2.[C-]#Cc1ccc2c(c1)Cc1ccccc1-2.[c-]1nc(-c2ccccc2-c2cn(-c3ccccc3)[c-]n2)cn1-c1ccccc1. The summed E-state index contributed by atoms with van der Waals surface area (Å²) in [5, 5.41) is 0. The number of aromatic nitrogens is 4. The number of fused-ring (bicyclic) bond motifs is 6. The fourth-order valence-electron chi connectivity index (χ4n) is 7.65. The molecule has 2 aliphatic rings. The normalized spacial score (nSPS) is 10.9. The van der Waals surface area contributed by atoms with E-state index in [0.717, 1.165) is 57.9 Å². The molecule has 0 saturated heterocycles. The molecule has 0 aliphatic heterocycles. The molecule has 0 atom stereocenters. The van der Waals surface area contributed by atoms with Gasteiger partial charge in [0.15, 0.2) is 0 Å². The van der Waals surface area contributed by atoms with Crippen molar-refractivity contribution >= 4 is 0 Å². The molecule has 0 spiro atoms. The summed E-state index contributed by atoms with van der Waals surface area (Å²) in [5.41, 5.74) is 18.2. The topological polar surface area (TPSA) is 35.6 Å². The van der Waals surface area contributed by atoms with Crippen molar-refractivity contribution in [1.82, 2.24) is 19.1 Å². The van der Waals surface area contributed by atoms with Crippen molar-refractivity contribution in [3.05, 3.63) is 241 Å². The van der Waals surface area contributed by atoms with E-state index in [2.05, 4.69) is 119 Å². The molecule has 60 heavy (non-hydrogen) atoms. The number of imidazole rings is 2. The molecule has 4 nitrogen and oxygen atoms in total. The quantitative estimate of drug-likeness (QED) is 0.100. The molecule has 0 bridgehead atoms. The zero-order chi connectivity index (χ0) is 39.3. The number of para-hydroxylation sites is 2. The van der Waals surface area contributed by atoms with Crippen LogP contribution in [-0.2, 0) is 57.6 Å². The molecule has 0 unspecified atom stereocenters. The second-order valence-corrected chi connectivity index (χ2v) is 14.1. The summed E-state index contributed by atoms with van der Waals surface area (Å²) in [4.78, 5) is 9.01. The second kappa shape index (κ2) is 19.1. The van der Waals surface area contributed by atoms with E-state index in [0.29, 0.717) is 0 Å². The molecule has 0 amide bonds. The molecule has 0 saturated carbocycles. The Morgan fingerprint density at radius 3 is 1.15 bits per heavy atom. The fraction of sp³-hybridized carbons (Fsp3) is 0.0370. The van der Waals surface area contributed by atoms with Crippen molar-refractivity contribution < 1.29 is 44.8 Å². The molecule has 2 aliphatic carbocycles. The summed E-state index contributed by atoms with van der Waals surface area (Å²) in [6, 6.07) is 57.4. The molecule has 9 aromatic rings. The van der Waals surface area contributed by atoms with Crippen LogP contribution in [0.3, 0.4) is 0 Å². The zero-order valence-corrected chi connectivity index (χ0v) is 36.5. The van der Waals surface area contributed by atoms with Gasteiger partial charge >= 0.3 is 0 Å². The van der Waals surface area contributed by atoms with Crippen LogP contribution in [0.25, 0.3) is 56.1 Å². The molecule has 2 radical (unpaired) electrons. The van der Waals surface area contributed by atoms with E-state index in [1.54, 1.807) is 0 Å². The predicted molar refractivity (Wildman–Crippen MR) is 231 cm³/mol. The molecule has 296 valence electrons. The van der Waals surface area contributed by atoms with Gasteiger partial charge in [0.2, 0.25) is 0 Å². The molecule has 11 rings (SSSR count). The van der Waals surface area contributed by atoms with Gasteiger partial charge in [-0.1, -0.05) is 180 Å². The molecule has 2 heterocycles. The summed E-state index contributed by atoms with van der Waals surface area (Å²) in [6.07, 6.45) is 26.3. The van der Waals surface area contributed by atoms with Crippen LogP contribution in [-0.4, -0.2) is 19.1 Å². The largest absolute Gasteiger partial charge is 0.433 e. The van der Waals surface area contributed by atoms with Crippen LogP contribution in [0, 0.1) is 37.3 Å². The summed E-state index contributed by atoms with van der Waals surface area (Å²) in [7, 11) is 0. The van der Waals surface area contributed by atoms with Crippen molar-refractivity contribution in [2.45, 2.75) is 12.8 Å². The van der Waals surface area contributed by atoms with E-state index < -0.39 is 0 Å². The van der Waals surface area contributed by atoms with E-state index in [1.165, 1.54) is 44.5 Å². The van der Waals surface area contributed by atoms with Crippen LogP contribution >= 0.6 is 0 Å². The number of hydrogen-bond donors (Lipinski definition) is 0. The first-order chi connectivity index (χ1) is 28.6. The van der Waals surface area contributed by atoms with E-state index in [1.807, 2.05) is 106 Å². The van der Waals surface area contributed by atoms with Crippen molar-refractivity contribution in [2.75, 3.05) is 0 Å². The molecule has 0 fully saturated rings. The first kappa shape index (κ1) is 41.7. The number of hydrogen-bond acceptors (Lipinski definition) is 2. The molecule has 0 N–H and O–H groups in total. The summed E-state index contributed by atoms with van der Waals surface area (Å²) in [5.74, 6) is 4.87. The summed E-state index contributed by atoms with van der Waals surface area (Å²) in [6.45, 7) is 0. The van der Waals surface area contributed by atoms with Crippen LogP contribution in [0.2, 0.25) is 0 Å². The Balaban J connectivity index is 0.000000145. The summed E-state index contributed by atoms with van der Waals surface area (Å²) >= 11 is 0. The van der Waals surface area contributed by atoms with Gasteiger partial charge in [-0.3, -0.25) is 11.8 Å². The Bertz CT molecular complexity index is 2780. The van der Waals surface area contributed by atoms with Gasteiger partial charge in [-0.15, -0.1) is 35.4 Å². The second-order valence-electron chi connectivity index (χ2n) is 14.1. The third kappa shape index (κ3) is 8.77. The molecule has 7 aromatic carbocycles. The minimum absolute atomic E-state index is 0. The Labute approximate surface area is 383 Å². The number of benzene rings is 7. The molecule has 2 aromatic heterocycles. The maximum Gasteiger partial charge on any atom is 0.0413 e. The van der Waals surface area contributed by atoms with Crippen LogP contribution < -0.4 is 0 Å². The Morgan fingerprint density at radius 1 is 0.400 bits per heavy atom. The third-order valence-corrected chi connectivity index (χ3v) is 10.5. The van der Waals surface area contributed by atoms with Crippen LogP contribution in [0.1, 0.15) is 33.4 Å². The van der Waals surface area contributed by atoms with E-state index in [9.17, 15) is 0 Å². The average Bonchev–Trinajstić information content (AvgIpc) is 4.12. The summed E-state index contributed by atoms with van der Waals surface area (Å²) < 4.78 is 3.81. The standard InChI is InChI=1S/C24H16N4.2C15H9.2Au/c1-3-9-19(10-4-1)27-15-23(25-17-27)21-13-7-8-14-22(21)24-16-28(18-26-24)20-11-5-2-6-12-20;2*1-2-11-7-8-15-13(9-11)10-12-5-3-4-6-14(12)15;;/h1-16H;2*3-9H,10H2;;/q-2;2*-1;;. The van der Waals surface area contributed by atoms with Gasteiger partial charge in [0.25, 0.3) is 0 Å². The predicted octanol–water partition coefficient (Wildman–Crippen LogP) is 11.4. The van der Waals surface area contributed by atoms with E-state index in [-0.39, 0.29) is 44.8 Å².